The second-order valence-electron chi connectivity index (χ2n) is 3.35. The van der Waals surface area contributed by atoms with Crippen molar-refractivity contribution in [3.05, 3.63) is 28.5 Å². The van der Waals surface area contributed by atoms with Gasteiger partial charge in [-0.3, -0.25) is 9.78 Å². The number of unbranched alkanes of at least 4 members (excludes halogenated alkanes) is 1. The van der Waals surface area contributed by atoms with Crippen LogP contribution in [0.25, 0.3) is 0 Å². The lowest BCUT2D eigenvalue weighted by molar-refractivity contribution is -0.120. The summed E-state index contributed by atoms with van der Waals surface area (Å²) in [6, 6.07) is 3.74. The van der Waals surface area contributed by atoms with Crippen molar-refractivity contribution in [2.75, 3.05) is 6.54 Å². The molecule has 0 fully saturated rings. The van der Waals surface area contributed by atoms with Crippen molar-refractivity contribution >= 4 is 21.8 Å². The molecule has 0 saturated heterocycles. The highest BCUT2D eigenvalue weighted by Crippen LogP contribution is 2.07. The first kappa shape index (κ1) is 12.2. The van der Waals surface area contributed by atoms with Gasteiger partial charge in [0.2, 0.25) is 5.91 Å². The Kier molecular flexibility index (Phi) is 5.32. The van der Waals surface area contributed by atoms with Crippen LogP contribution in [0.4, 0.5) is 0 Å². The zero-order valence-electron chi connectivity index (χ0n) is 8.79. The van der Waals surface area contributed by atoms with Crippen molar-refractivity contribution in [3.8, 4) is 0 Å². The van der Waals surface area contributed by atoms with Crippen LogP contribution in [-0.4, -0.2) is 17.4 Å². The van der Waals surface area contributed by atoms with E-state index < -0.39 is 0 Å². The average molecular weight is 271 g/mol. The molecule has 1 rings (SSSR count). The molecule has 0 aliphatic rings. The number of pyridine rings is 1. The van der Waals surface area contributed by atoms with Crippen LogP contribution in [0.2, 0.25) is 0 Å². The Morgan fingerprint density at radius 3 is 2.93 bits per heavy atom. The van der Waals surface area contributed by atoms with Crippen LogP contribution < -0.4 is 5.32 Å². The number of nitrogens with one attached hydrogen (secondary N) is 1. The van der Waals surface area contributed by atoms with Crippen LogP contribution in [0.5, 0.6) is 0 Å². The van der Waals surface area contributed by atoms with Gasteiger partial charge in [-0.15, -0.1) is 0 Å². The number of aromatic nitrogens is 1. The summed E-state index contributed by atoms with van der Waals surface area (Å²) in [6.45, 7) is 2.86. The molecular formula is C11H15BrN2O. The fourth-order valence-corrected chi connectivity index (χ4v) is 1.38. The van der Waals surface area contributed by atoms with E-state index in [-0.39, 0.29) is 5.91 Å². The van der Waals surface area contributed by atoms with Gasteiger partial charge < -0.3 is 5.32 Å². The normalized spacial score (nSPS) is 10.0. The van der Waals surface area contributed by atoms with Crippen molar-refractivity contribution in [2.24, 2.45) is 0 Å². The van der Waals surface area contributed by atoms with Gasteiger partial charge in [-0.05, 0) is 34.5 Å². The molecule has 1 aromatic rings. The van der Waals surface area contributed by atoms with E-state index in [0.29, 0.717) is 6.42 Å². The summed E-state index contributed by atoms with van der Waals surface area (Å²) in [4.78, 5) is 15.5. The molecule has 0 atom stereocenters. The number of amides is 1. The smallest absolute Gasteiger partial charge is 0.226 e. The van der Waals surface area contributed by atoms with Crippen molar-refractivity contribution in [2.45, 2.75) is 26.2 Å². The molecule has 15 heavy (non-hydrogen) atoms. The van der Waals surface area contributed by atoms with Gasteiger partial charge in [0.15, 0.2) is 0 Å². The van der Waals surface area contributed by atoms with Crippen LogP contribution in [0.3, 0.4) is 0 Å². The van der Waals surface area contributed by atoms with Crippen LogP contribution >= 0.6 is 15.9 Å². The third kappa shape index (κ3) is 4.93. The number of hydrogen-bond acceptors (Lipinski definition) is 2. The lowest BCUT2D eigenvalue weighted by atomic mass is 10.2. The first-order chi connectivity index (χ1) is 7.22. The first-order valence-electron chi connectivity index (χ1n) is 5.09. The number of carbonyl (C=O) groups excluding carboxylic acids is 1. The van der Waals surface area contributed by atoms with Crippen LogP contribution in [0, 0.1) is 0 Å². The number of hydrogen-bond donors (Lipinski definition) is 1. The molecule has 0 aliphatic heterocycles. The molecule has 0 spiro atoms. The molecule has 0 aliphatic carbocycles. The van der Waals surface area contributed by atoms with E-state index in [2.05, 4.69) is 33.2 Å². The molecule has 0 aromatic carbocycles. The molecule has 1 amide bonds. The second kappa shape index (κ2) is 6.56. The molecule has 82 valence electrons. The molecule has 0 bridgehead atoms. The molecule has 0 radical (unpaired) electrons. The van der Waals surface area contributed by atoms with Crippen molar-refractivity contribution in [1.29, 1.82) is 0 Å². The van der Waals surface area contributed by atoms with Gasteiger partial charge in [-0.1, -0.05) is 13.3 Å². The standard InChI is InChI=1S/C11H15BrN2O/c1-2-3-6-13-11(15)7-10-5-4-9(12)8-14-10/h4-5,8H,2-3,6-7H2,1H3,(H,13,15). The Bertz CT molecular complexity index is 311. The van der Waals surface area contributed by atoms with E-state index in [9.17, 15) is 4.79 Å². The number of halogens is 1. The van der Waals surface area contributed by atoms with Crippen molar-refractivity contribution in [3.63, 3.8) is 0 Å². The fourth-order valence-electron chi connectivity index (χ4n) is 1.14. The lowest BCUT2D eigenvalue weighted by Gasteiger charge is -2.03. The van der Waals surface area contributed by atoms with Gasteiger partial charge in [0.1, 0.15) is 0 Å². The quantitative estimate of drug-likeness (QED) is 0.835. The summed E-state index contributed by atoms with van der Waals surface area (Å²) in [5, 5.41) is 2.86. The minimum Gasteiger partial charge on any atom is -0.356 e. The van der Waals surface area contributed by atoms with E-state index in [1.165, 1.54) is 0 Å². The maximum atomic E-state index is 11.4. The van der Waals surface area contributed by atoms with Gasteiger partial charge in [0.25, 0.3) is 0 Å². The zero-order valence-corrected chi connectivity index (χ0v) is 10.4. The molecule has 1 heterocycles. The first-order valence-corrected chi connectivity index (χ1v) is 5.89. The molecule has 1 N–H and O–H groups in total. The molecule has 4 heteroatoms. The van der Waals surface area contributed by atoms with E-state index in [0.717, 1.165) is 29.6 Å². The van der Waals surface area contributed by atoms with Gasteiger partial charge >= 0.3 is 0 Å². The number of rotatable bonds is 5. The predicted octanol–water partition coefficient (Wildman–Crippen LogP) is 2.30. The van der Waals surface area contributed by atoms with E-state index in [1.54, 1.807) is 6.20 Å². The largest absolute Gasteiger partial charge is 0.356 e. The van der Waals surface area contributed by atoms with Crippen LogP contribution in [-0.2, 0) is 11.2 Å². The second-order valence-corrected chi connectivity index (χ2v) is 4.26. The Hall–Kier alpha value is -0.900. The summed E-state index contributed by atoms with van der Waals surface area (Å²) < 4.78 is 0.928. The third-order valence-corrected chi connectivity index (χ3v) is 2.45. The van der Waals surface area contributed by atoms with Gasteiger partial charge in [-0.25, -0.2) is 0 Å². The van der Waals surface area contributed by atoms with Gasteiger partial charge in [0, 0.05) is 22.9 Å². The van der Waals surface area contributed by atoms with Gasteiger partial charge in [0.05, 0.1) is 6.42 Å². The molecule has 1 aromatic heterocycles. The Morgan fingerprint density at radius 1 is 1.53 bits per heavy atom. The Balaban J connectivity index is 2.34. The molecule has 0 unspecified atom stereocenters. The third-order valence-electron chi connectivity index (χ3n) is 1.98. The van der Waals surface area contributed by atoms with Crippen molar-refractivity contribution in [1.82, 2.24) is 10.3 Å². The predicted molar refractivity (Wildman–Crippen MR) is 63.6 cm³/mol. The average Bonchev–Trinajstić information content (AvgIpc) is 2.22. The Labute approximate surface area is 98.4 Å². The SMILES string of the molecule is CCCCNC(=O)Cc1ccc(Br)cn1. The maximum absolute atomic E-state index is 11.4. The van der Waals surface area contributed by atoms with E-state index >= 15 is 0 Å². The highest BCUT2D eigenvalue weighted by molar-refractivity contribution is 9.10. The maximum Gasteiger partial charge on any atom is 0.226 e. The summed E-state index contributed by atoms with van der Waals surface area (Å²) in [6.07, 6.45) is 4.18. The van der Waals surface area contributed by atoms with Gasteiger partial charge in [-0.2, -0.15) is 0 Å². The van der Waals surface area contributed by atoms with Crippen molar-refractivity contribution < 1.29 is 4.79 Å². The number of nitrogens with zero attached hydrogens (tertiary/aromatic N) is 1. The van der Waals surface area contributed by atoms with Crippen LogP contribution in [0.1, 0.15) is 25.5 Å². The molecular weight excluding hydrogens is 256 g/mol. The summed E-state index contributed by atoms with van der Waals surface area (Å²) in [5.74, 6) is 0.0401. The van der Waals surface area contributed by atoms with Crippen LogP contribution in [0.15, 0.2) is 22.8 Å². The molecule has 0 saturated carbocycles. The topological polar surface area (TPSA) is 42.0 Å². The van der Waals surface area contributed by atoms with E-state index in [1.807, 2.05) is 12.1 Å². The minimum atomic E-state index is 0.0401. The Morgan fingerprint density at radius 2 is 2.33 bits per heavy atom. The highest BCUT2D eigenvalue weighted by atomic mass is 79.9. The molecule has 3 nitrogen and oxygen atoms in total. The summed E-state index contributed by atoms with van der Waals surface area (Å²) in [5.41, 5.74) is 0.798. The zero-order chi connectivity index (χ0) is 11.1. The fraction of sp³-hybridized carbons (Fsp3) is 0.455. The monoisotopic (exact) mass is 270 g/mol. The van der Waals surface area contributed by atoms with E-state index in [4.69, 9.17) is 0 Å². The summed E-state index contributed by atoms with van der Waals surface area (Å²) in [7, 11) is 0. The highest BCUT2D eigenvalue weighted by Gasteiger charge is 2.03. The number of carbonyl (C=O) groups is 1. The summed E-state index contributed by atoms with van der Waals surface area (Å²) >= 11 is 3.30. The minimum absolute atomic E-state index is 0.0401. The lowest BCUT2D eigenvalue weighted by Crippen LogP contribution is -2.26.